The molecule has 136 valence electrons. The summed E-state index contributed by atoms with van der Waals surface area (Å²) in [6.07, 6.45) is 1.85. The zero-order valence-electron chi connectivity index (χ0n) is 16.5. The number of quaternary nitrogens is 1. The molecule has 0 fully saturated rings. The first-order valence-electron chi connectivity index (χ1n) is 9.33. The van der Waals surface area contributed by atoms with Gasteiger partial charge >= 0.3 is 5.97 Å². The maximum atomic E-state index is 12.6. The minimum atomic E-state index is -0.460. The monoisotopic (exact) mass is 334 g/mol. The number of hydrogen-bond acceptors (Lipinski definition) is 2. The van der Waals surface area contributed by atoms with Crippen molar-refractivity contribution >= 4 is 5.97 Å². The summed E-state index contributed by atoms with van der Waals surface area (Å²) >= 11 is 0. The van der Waals surface area contributed by atoms with Gasteiger partial charge in [-0.1, -0.05) is 37.3 Å². The highest BCUT2D eigenvalue weighted by molar-refractivity contribution is 5.76. The number of nitrogens with zero attached hydrogens (tertiary/aromatic N) is 1. The molecule has 1 rings (SSSR count). The summed E-state index contributed by atoms with van der Waals surface area (Å²) in [5, 5.41) is 0. The quantitative estimate of drug-likeness (QED) is 0.461. The predicted molar refractivity (Wildman–Crippen MR) is 101 cm³/mol. The average molecular weight is 335 g/mol. The van der Waals surface area contributed by atoms with Crippen LogP contribution in [-0.2, 0) is 9.53 Å². The molecule has 1 aromatic carbocycles. The molecule has 1 unspecified atom stereocenters. The van der Waals surface area contributed by atoms with E-state index in [-0.39, 0.29) is 5.97 Å². The van der Waals surface area contributed by atoms with Crippen LogP contribution in [0.15, 0.2) is 30.3 Å². The number of ether oxygens (including phenoxy) is 1. The van der Waals surface area contributed by atoms with Crippen molar-refractivity contribution in [2.45, 2.75) is 53.4 Å². The molecule has 24 heavy (non-hydrogen) atoms. The SMILES string of the molecule is CCC(CC(C)(C)C(=O)OCC[N+](C)(CC)CC)c1ccccc1. The Labute approximate surface area is 148 Å². The number of hydrogen-bond donors (Lipinski definition) is 0. The number of benzene rings is 1. The van der Waals surface area contributed by atoms with Gasteiger partial charge in [0.15, 0.2) is 0 Å². The smallest absolute Gasteiger partial charge is 0.311 e. The molecule has 0 spiro atoms. The van der Waals surface area contributed by atoms with E-state index in [0.717, 1.165) is 37.0 Å². The maximum absolute atomic E-state index is 12.6. The second-order valence-corrected chi connectivity index (χ2v) is 7.72. The molecule has 0 aliphatic carbocycles. The second kappa shape index (κ2) is 9.22. The molecule has 0 heterocycles. The minimum absolute atomic E-state index is 0.0735. The summed E-state index contributed by atoms with van der Waals surface area (Å²) in [4.78, 5) is 12.6. The summed E-state index contributed by atoms with van der Waals surface area (Å²) in [6, 6.07) is 10.5. The molecule has 3 heteroatoms. The van der Waals surface area contributed by atoms with Gasteiger partial charge in [-0.05, 0) is 52.0 Å². The Hall–Kier alpha value is -1.35. The van der Waals surface area contributed by atoms with Gasteiger partial charge in [-0.25, -0.2) is 0 Å². The third-order valence-corrected chi connectivity index (χ3v) is 5.46. The molecular weight excluding hydrogens is 298 g/mol. The van der Waals surface area contributed by atoms with E-state index in [1.165, 1.54) is 5.56 Å². The molecule has 0 radical (unpaired) electrons. The molecule has 0 saturated heterocycles. The molecule has 0 bridgehead atoms. The van der Waals surface area contributed by atoms with E-state index in [0.29, 0.717) is 12.5 Å². The van der Waals surface area contributed by atoms with Crippen molar-refractivity contribution in [1.29, 1.82) is 0 Å². The van der Waals surface area contributed by atoms with Crippen molar-refractivity contribution < 1.29 is 14.0 Å². The average Bonchev–Trinajstić information content (AvgIpc) is 2.60. The third kappa shape index (κ3) is 5.94. The van der Waals surface area contributed by atoms with Gasteiger partial charge < -0.3 is 9.22 Å². The van der Waals surface area contributed by atoms with E-state index in [1.807, 2.05) is 19.9 Å². The van der Waals surface area contributed by atoms with E-state index in [1.54, 1.807) is 0 Å². The molecule has 0 saturated carbocycles. The van der Waals surface area contributed by atoms with E-state index in [2.05, 4.69) is 52.1 Å². The Kier molecular flexibility index (Phi) is 7.95. The summed E-state index contributed by atoms with van der Waals surface area (Å²) in [5.74, 6) is 0.316. The topological polar surface area (TPSA) is 26.3 Å². The standard InChI is InChI=1S/C21H36NO2/c1-7-18(19-13-11-10-12-14-19)17-21(4,5)20(23)24-16-15-22(6,8-2)9-3/h10-14,18H,7-9,15-17H2,1-6H3/q+1. The first kappa shape index (κ1) is 20.7. The van der Waals surface area contributed by atoms with E-state index >= 15 is 0 Å². The molecule has 0 aliphatic heterocycles. The first-order valence-corrected chi connectivity index (χ1v) is 9.33. The summed E-state index contributed by atoms with van der Waals surface area (Å²) in [6.45, 7) is 14.1. The summed E-state index contributed by atoms with van der Waals surface area (Å²) in [5.41, 5.74) is 0.848. The van der Waals surface area contributed by atoms with Crippen molar-refractivity contribution in [3.63, 3.8) is 0 Å². The fourth-order valence-corrected chi connectivity index (χ4v) is 3.02. The van der Waals surface area contributed by atoms with Gasteiger partial charge in [-0.3, -0.25) is 4.79 Å². The van der Waals surface area contributed by atoms with Gasteiger partial charge in [0.05, 0.1) is 25.6 Å². The van der Waals surface area contributed by atoms with Crippen molar-refractivity contribution in [1.82, 2.24) is 0 Å². The molecule has 1 aromatic rings. The molecule has 0 amide bonds. The highest BCUT2D eigenvalue weighted by atomic mass is 16.5. The number of carbonyl (C=O) groups excluding carboxylic acids is 1. The van der Waals surface area contributed by atoms with Crippen LogP contribution in [0.3, 0.4) is 0 Å². The Balaban J connectivity index is 2.61. The number of esters is 1. The van der Waals surface area contributed by atoms with Gasteiger partial charge in [0, 0.05) is 0 Å². The van der Waals surface area contributed by atoms with E-state index < -0.39 is 5.41 Å². The normalized spacial score (nSPS) is 13.6. The Morgan fingerprint density at radius 1 is 1.12 bits per heavy atom. The molecule has 1 atom stereocenters. The molecule has 0 aromatic heterocycles. The lowest BCUT2D eigenvalue weighted by Crippen LogP contribution is -2.46. The van der Waals surface area contributed by atoms with E-state index in [4.69, 9.17) is 4.74 Å². The lowest BCUT2D eigenvalue weighted by molar-refractivity contribution is -0.906. The minimum Gasteiger partial charge on any atom is -0.459 e. The fourth-order valence-electron chi connectivity index (χ4n) is 3.02. The van der Waals surface area contributed by atoms with Crippen LogP contribution in [0.1, 0.15) is 58.9 Å². The number of rotatable bonds is 10. The van der Waals surface area contributed by atoms with Gasteiger partial charge in [-0.15, -0.1) is 0 Å². The number of carbonyl (C=O) groups is 1. The van der Waals surface area contributed by atoms with Crippen LogP contribution >= 0.6 is 0 Å². The highest BCUT2D eigenvalue weighted by Gasteiger charge is 2.33. The maximum Gasteiger partial charge on any atom is 0.311 e. The van der Waals surface area contributed by atoms with Crippen LogP contribution in [-0.4, -0.2) is 43.7 Å². The van der Waals surface area contributed by atoms with Crippen molar-refractivity contribution in [3.05, 3.63) is 35.9 Å². The van der Waals surface area contributed by atoms with Crippen LogP contribution in [0, 0.1) is 5.41 Å². The van der Waals surface area contributed by atoms with Crippen LogP contribution in [0.25, 0.3) is 0 Å². The van der Waals surface area contributed by atoms with Gasteiger partial charge in [0.2, 0.25) is 0 Å². The van der Waals surface area contributed by atoms with Gasteiger partial charge in [0.25, 0.3) is 0 Å². The predicted octanol–water partition coefficient (Wildman–Crippen LogP) is 4.63. The first-order chi connectivity index (χ1) is 11.3. The summed E-state index contributed by atoms with van der Waals surface area (Å²) in [7, 11) is 2.21. The van der Waals surface area contributed by atoms with Crippen molar-refractivity contribution in [2.75, 3.05) is 33.3 Å². The number of likely N-dealkylation sites (N-methyl/N-ethyl adjacent to an activating group) is 1. The zero-order chi connectivity index (χ0) is 18.2. The summed E-state index contributed by atoms with van der Waals surface area (Å²) < 4.78 is 6.57. The second-order valence-electron chi connectivity index (χ2n) is 7.72. The Morgan fingerprint density at radius 3 is 2.21 bits per heavy atom. The largest absolute Gasteiger partial charge is 0.459 e. The lowest BCUT2D eigenvalue weighted by Gasteiger charge is -2.33. The zero-order valence-corrected chi connectivity index (χ0v) is 16.5. The van der Waals surface area contributed by atoms with E-state index in [9.17, 15) is 4.79 Å². The van der Waals surface area contributed by atoms with Crippen LogP contribution in [0.5, 0.6) is 0 Å². The van der Waals surface area contributed by atoms with Crippen molar-refractivity contribution in [3.8, 4) is 0 Å². The van der Waals surface area contributed by atoms with Gasteiger partial charge in [0.1, 0.15) is 13.2 Å². The third-order valence-electron chi connectivity index (χ3n) is 5.46. The van der Waals surface area contributed by atoms with Crippen LogP contribution in [0.2, 0.25) is 0 Å². The Bertz CT molecular complexity index is 492. The lowest BCUT2D eigenvalue weighted by atomic mass is 9.79. The van der Waals surface area contributed by atoms with Crippen molar-refractivity contribution in [2.24, 2.45) is 5.41 Å². The molecular formula is C21H36NO2+. The van der Waals surface area contributed by atoms with Gasteiger partial charge in [-0.2, -0.15) is 0 Å². The fraction of sp³-hybridized carbons (Fsp3) is 0.667. The molecule has 0 aliphatic rings. The van der Waals surface area contributed by atoms with Crippen LogP contribution < -0.4 is 0 Å². The van der Waals surface area contributed by atoms with Crippen LogP contribution in [0.4, 0.5) is 0 Å². The molecule has 3 nitrogen and oxygen atoms in total. The Morgan fingerprint density at radius 2 is 1.71 bits per heavy atom. The highest BCUT2D eigenvalue weighted by Crippen LogP contribution is 2.34. The molecule has 0 N–H and O–H groups in total.